The van der Waals surface area contributed by atoms with Gasteiger partial charge in [-0.15, -0.1) is 0 Å². The maximum Gasteiger partial charge on any atom is 0.0547 e. The van der Waals surface area contributed by atoms with E-state index in [1.807, 2.05) is 0 Å². The molecule has 252 valence electrons. The monoisotopic (exact) mass is 686 g/mol. The molecule has 0 saturated heterocycles. The first-order chi connectivity index (χ1) is 26.8. The molecule has 2 heterocycles. The van der Waals surface area contributed by atoms with Crippen LogP contribution in [0.1, 0.15) is 0 Å². The van der Waals surface area contributed by atoms with Gasteiger partial charge in [0, 0.05) is 32.9 Å². The van der Waals surface area contributed by atoms with E-state index in [0.717, 1.165) is 5.69 Å². The minimum absolute atomic E-state index is 1.15. The Kier molecular flexibility index (Phi) is 6.90. The van der Waals surface area contributed by atoms with Gasteiger partial charge in [-0.1, -0.05) is 140 Å². The van der Waals surface area contributed by atoms with Gasteiger partial charge in [0.1, 0.15) is 0 Å². The molecule has 0 atom stereocenters. The van der Waals surface area contributed by atoms with Crippen LogP contribution in [0.5, 0.6) is 0 Å². The Labute approximate surface area is 313 Å². The molecule has 2 heteroatoms. The molecule has 0 aliphatic heterocycles. The molecule has 0 bridgehead atoms. The predicted octanol–water partition coefficient (Wildman–Crippen LogP) is 14.0. The highest BCUT2D eigenvalue weighted by atomic mass is 15.0. The molecule has 0 spiro atoms. The van der Waals surface area contributed by atoms with Gasteiger partial charge in [0.25, 0.3) is 0 Å². The Hall–Kier alpha value is -7.16. The maximum atomic E-state index is 2.44. The van der Waals surface area contributed by atoms with E-state index in [4.69, 9.17) is 0 Å². The first-order valence-corrected chi connectivity index (χ1v) is 18.6. The van der Waals surface area contributed by atoms with Crippen LogP contribution in [0.4, 0.5) is 0 Å². The van der Waals surface area contributed by atoms with Gasteiger partial charge in [-0.25, -0.2) is 0 Å². The summed E-state index contributed by atoms with van der Waals surface area (Å²) in [5.74, 6) is 0. The van der Waals surface area contributed by atoms with Crippen molar-refractivity contribution in [1.29, 1.82) is 0 Å². The second kappa shape index (κ2) is 12.2. The Morgan fingerprint density at radius 1 is 0.241 bits per heavy atom. The Morgan fingerprint density at radius 2 is 0.778 bits per heavy atom. The number of aromatic nitrogens is 2. The Balaban J connectivity index is 1.08. The van der Waals surface area contributed by atoms with Crippen LogP contribution in [0, 0.1) is 0 Å². The summed E-state index contributed by atoms with van der Waals surface area (Å²) in [7, 11) is 0. The van der Waals surface area contributed by atoms with Crippen molar-refractivity contribution in [3.05, 3.63) is 206 Å². The zero-order chi connectivity index (χ0) is 35.6. The van der Waals surface area contributed by atoms with Crippen molar-refractivity contribution in [2.24, 2.45) is 0 Å². The lowest BCUT2D eigenvalue weighted by Crippen LogP contribution is -1.95. The highest BCUT2D eigenvalue weighted by molar-refractivity contribution is 6.12. The largest absolute Gasteiger partial charge is 0.309 e. The number of benzene rings is 9. The highest BCUT2D eigenvalue weighted by Gasteiger charge is 2.17. The van der Waals surface area contributed by atoms with E-state index in [1.165, 1.54) is 93.5 Å². The summed E-state index contributed by atoms with van der Waals surface area (Å²) in [5.41, 5.74) is 14.4. The van der Waals surface area contributed by atoms with Gasteiger partial charge in [-0.05, 0) is 111 Å². The average molecular weight is 687 g/mol. The van der Waals surface area contributed by atoms with E-state index in [-0.39, 0.29) is 0 Å². The third-order valence-electron chi connectivity index (χ3n) is 11.1. The second-order valence-corrected chi connectivity index (χ2v) is 14.2. The normalized spacial score (nSPS) is 11.7. The summed E-state index contributed by atoms with van der Waals surface area (Å²) in [6.07, 6.45) is 0. The van der Waals surface area contributed by atoms with Crippen molar-refractivity contribution in [1.82, 2.24) is 9.13 Å². The molecular weight excluding hydrogens is 653 g/mol. The fourth-order valence-electron chi connectivity index (χ4n) is 8.59. The smallest absolute Gasteiger partial charge is 0.0547 e. The van der Waals surface area contributed by atoms with E-state index in [9.17, 15) is 0 Å². The highest BCUT2D eigenvalue weighted by Crippen LogP contribution is 2.40. The van der Waals surface area contributed by atoms with Crippen molar-refractivity contribution in [2.45, 2.75) is 0 Å². The second-order valence-electron chi connectivity index (χ2n) is 14.2. The van der Waals surface area contributed by atoms with E-state index in [0.29, 0.717) is 0 Å². The SMILES string of the molecule is c1ccc(-c2cc(-c3cccc(-n4c5ccccc5c5ccc(-c6ccc7c(c6)c6ccccc6n7-c6ccccc6)cc54)c3)cc3ccccc23)cc1. The van der Waals surface area contributed by atoms with Gasteiger partial charge in [-0.3, -0.25) is 0 Å². The fourth-order valence-corrected chi connectivity index (χ4v) is 8.59. The summed E-state index contributed by atoms with van der Waals surface area (Å²) < 4.78 is 4.82. The van der Waals surface area contributed by atoms with Crippen molar-refractivity contribution in [3.63, 3.8) is 0 Å². The number of rotatable bonds is 5. The number of fused-ring (bicyclic) bond motifs is 7. The summed E-state index contributed by atoms with van der Waals surface area (Å²) in [4.78, 5) is 0. The van der Waals surface area contributed by atoms with Gasteiger partial charge in [0.15, 0.2) is 0 Å². The average Bonchev–Trinajstić information content (AvgIpc) is 3.76. The molecule has 11 aromatic rings. The van der Waals surface area contributed by atoms with Gasteiger partial charge < -0.3 is 9.13 Å². The maximum absolute atomic E-state index is 2.44. The van der Waals surface area contributed by atoms with Crippen molar-refractivity contribution in [3.8, 4) is 44.8 Å². The zero-order valence-electron chi connectivity index (χ0n) is 29.5. The van der Waals surface area contributed by atoms with Gasteiger partial charge in [0.2, 0.25) is 0 Å². The molecule has 0 amide bonds. The Morgan fingerprint density at radius 3 is 1.57 bits per heavy atom. The van der Waals surface area contributed by atoms with Gasteiger partial charge >= 0.3 is 0 Å². The summed E-state index contributed by atoms with van der Waals surface area (Å²) >= 11 is 0. The van der Waals surface area contributed by atoms with Crippen molar-refractivity contribution < 1.29 is 0 Å². The number of para-hydroxylation sites is 3. The molecular formula is C52H34N2. The lowest BCUT2D eigenvalue weighted by molar-refractivity contribution is 1.18. The summed E-state index contributed by atoms with van der Waals surface area (Å²) in [6.45, 7) is 0. The lowest BCUT2D eigenvalue weighted by atomic mass is 9.93. The van der Waals surface area contributed by atoms with E-state index < -0.39 is 0 Å². The van der Waals surface area contributed by atoms with Crippen LogP contribution in [-0.2, 0) is 0 Å². The first kappa shape index (κ1) is 30.5. The fraction of sp³-hybridized carbons (Fsp3) is 0. The zero-order valence-corrected chi connectivity index (χ0v) is 29.5. The molecule has 9 aromatic carbocycles. The minimum atomic E-state index is 1.15. The third-order valence-corrected chi connectivity index (χ3v) is 11.1. The summed E-state index contributed by atoms with van der Waals surface area (Å²) in [5, 5.41) is 7.52. The molecule has 0 saturated carbocycles. The molecule has 0 unspecified atom stereocenters. The standard InChI is InChI=1S/C52H34N2/c1-3-14-35(15-4-1)47-33-40(30-39-16-7-8-21-43(39)47)36-17-13-20-42(31-36)54-49-24-11-9-22-44(49)46-28-26-38(34-52(46)54)37-27-29-51-48(32-37)45-23-10-12-25-50(45)53(51)41-18-5-2-6-19-41/h1-34H. The molecule has 0 aliphatic carbocycles. The van der Waals surface area contributed by atoms with Crippen LogP contribution >= 0.6 is 0 Å². The van der Waals surface area contributed by atoms with E-state index in [1.54, 1.807) is 0 Å². The van der Waals surface area contributed by atoms with Crippen LogP contribution in [0.15, 0.2) is 206 Å². The van der Waals surface area contributed by atoms with E-state index >= 15 is 0 Å². The number of hydrogen-bond acceptors (Lipinski definition) is 0. The predicted molar refractivity (Wildman–Crippen MR) is 229 cm³/mol. The van der Waals surface area contributed by atoms with Crippen LogP contribution < -0.4 is 0 Å². The molecule has 11 rings (SSSR count). The minimum Gasteiger partial charge on any atom is -0.309 e. The molecule has 54 heavy (non-hydrogen) atoms. The molecule has 0 aliphatic rings. The molecule has 0 N–H and O–H groups in total. The number of nitrogens with zero attached hydrogens (tertiary/aromatic N) is 2. The third kappa shape index (κ3) is 4.81. The Bertz CT molecular complexity index is 3200. The van der Waals surface area contributed by atoms with Crippen LogP contribution in [0.3, 0.4) is 0 Å². The van der Waals surface area contributed by atoms with Gasteiger partial charge in [-0.2, -0.15) is 0 Å². The molecule has 0 radical (unpaired) electrons. The first-order valence-electron chi connectivity index (χ1n) is 18.6. The molecule has 0 fully saturated rings. The topological polar surface area (TPSA) is 9.86 Å². The molecule has 2 nitrogen and oxygen atoms in total. The summed E-state index contributed by atoms with van der Waals surface area (Å²) in [6, 6.07) is 75.2. The van der Waals surface area contributed by atoms with Crippen molar-refractivity contribution >= 4 is 54.4 Å². The number of hydrogen-bond donors (Lipinski definition) is 0. The lowest BCUT2D eigenvalue weighted by Gasteiger charge is -2.14. The molecule has 2 aromatic heterocycles. The van der Waals surface area contributed by atoms with E-state index in [2.05, 4.69) is 215 Å². The van der Waals surface area contributed by atoms with Crippen molar-refractivity contribution in [2.75, 3.05) is 0 Å². The van der Waals surface area contributed by atoms with Crippen LogP contribution in [0.2, 0.25) is 0 Å². The quantitative estimate of drug-likeness (QED) is 0.171. The van der Waals surface area contributed by atoms with Gasteiger partial charge in [0.05, 0.1) is 22.1 Å². The van der Waals surface area contributed by atoms with Crippen LogP contribution in [0.25, 0.3) is 99.1 Å². The van der Waals surface area contributed by atoms with Crippen LogP contribution in [-0.4, -0.2) is 9.13 Å².